The Balaban J connectivity index is 2.17. The topological polar surface area (TPSA) is 49.7 Å². The second kappa shape index (κ2) is 7.75. The van der Waals surface area contributed by atoms with E-state index in [0.29, 0.717) is 16.8 Å². The molecule has 1 aromatic carbocycles. The number of aliphatic imine (C=N–C) groups is 1. The Morgan fingerprint density at radius 3 is 2.45 bits per heavy atom. The monoisotopic (exact) mass is 645 g/mol. The number of benzene rings is 1. The van der Waals surface area contributed by atoms with Crippen molar-refractivity contribution in [2.24, 2.45) is 4.99 Å². The van der Waals surface area contributed by atoms with Gasteiger partial charge in [-0.2, -0.15) is 0 Å². The molecule has 2 heterocycles. The average Bonchev–Trinajstić information content (AvgIpc) is 2.97. The van der Waals surface area contributed by atoms with E-state index in [1.165, 1.54) is 12.1 Å². The molecule has 2 aromatic rings. The second-order valence-corrected chi connectivity index (χ2v) is 18.9. The summed E-state index contributed by atoms with van der Waals surface area (Å²) in [4.78, 5) is 17.3. The van der Waals surface area contributed by atoms with Gasteiger partial charge in [0.15, 0.2) is 0 Å². The van der Waals surface area contributed by atoms with Crippen LogP contribution in [0.3, 0.4) is 0 Å². The zero-order valence-corrected chi connectivity index (χ0v) is 23.0. The van der Waals surface area contributed by atoms with E-state index < -0.39 is 8.07 Å². The van der Waals surface area contributed by atoms with Crippen LogP contribution in [-0.2, 0) is 4.79 Å². The first kappa shape index (κ1) is 21.5. The molecule has 0 amide bonds. The molecule has 150 valence electrons. The van der Waals surface area contributed by atoms with E-state index in [2.05, 4.69) is 72.3 Å². The maximum atomic E-state index is 12.4. The van der Waals surface area contributed by atoms with Gasteiger partial charge in [-0.25, -0.2) is 0 Å². The van der Waals surface area contributed by atoms with Crippen LogP contribution >= 0.6 is 38.5 Å². The van der Waals surface area contributed by atoms with Gasteiger partial charge in [-0.1, -0.05) is 0 Å². The predicted molar refractivity (Wildman–Crippen MR) is 136 cm³/mol. The van der Waals surface area contributed by atoms with Gasteiger partial charge in [0.2, 0.25) is 0 Å². The number of hydrogen-bond acceptors (Lipinski definition) is 3. The Hall–Kier alpha value is -0.734. The van der Waals surface area contributed by atoms with Gasteiger partial charge in [-0.3, -0.25) is 0 Å². The van der Waals surface area contributed by atoms with Crippen LogP contribution in [0.5, 0.6) is 5.75 Å². The molecule has 0 bridgehead atoms. The maximum absolute atomic E-state index is 12.4. The van der Waals surface area contributed by atoms with Crippen molar-refractivity contribution in [3.05, 3.63) is 48.5 Å². The third-order valence-corrected chi connectivity index (χ3v) is 17.9. The number of carbonyl (C=O) groups is 1. The van der Waals surface area contributed by atoms with E-state index in [9.17, 15) is 9.90 Å². The number of aromatic hydroxyl groups is 1. The molecule has 0 saturated heterocycles. The Morgan fingerprint density at radius 2 is 1.86 bits per heavy atom. The van der Waals surface area contributed by atoms with E-state index >= 15 is 0 Å². The molecule has 0 unspecified atom stereocenters. The first-order valence-electron chi connectivity index (χ1n) is 9.52. The van der Waals surface area contributed by atoms with Gasteiger partial charge in [0, 0.05) is 0 Å². The first-order valence-corrected chi connectivity index (χ1v) is 15.3. The van der Waals surface area contributed by atoms with Crippen molar-refractivity contribution in [3.63, 3.8) is 0 Å². The number of allylic oxidation sites excluding steroid dienone is 4. The first-order chi connectivity index (χ1) is 13.7. The molecule has 0 radical (unpaired) electrons. The van der Waals surface area contributed by atoms with Gasteiger partial charge in [0.05, 0.1) is 0 Å². The van der Waals surface area contributed by atoms with E-state index in [1.54, 1.807) is 12.1 Å². The zero-order valence-electron chi connectivity index (χ0n) is 16.6. The molecule has 1 aromatic heterocycles. The Labute approximate surface area is 200 Å². The summed E-state index contributed by atoms with van der Waals surface area (Å²) < 4.78 is 3.57. The molecule has 7 heteroatoms. The van der Waals surface area contributed by atoms with Gasteiger partial charge in [-0.15, -0.1) is 0 Å². The summed E-state index contributed by atoms with van der Waals surface area (Å²) in [5.41, 5.74) is 3.52. The SMILES string of the molecule is CC(C)[Si]1(C(C)C)C2=CC(=O)C=CC2=Nc2ccc(O)c(-c3cc(Br)c(I)[se]3)c21. The van der Waals surface area contributed by atoms with Gasteiger partial charge < -0.3 is 0 Å². The van der Waals surface area contributed by atoms with Gasteiger partial charge >= 0.3 is 201 Å². The number of rotatable bonds is 3. The van der Waals surface area contributed by atoms with Crippen molar-refractivity contribution >= 4 is 83.5 Å². The van der Waals surface area contributed by atoms with Crippen LogP contribution in [-0.4, -0.2) is 39.2 Å². The average molecular weight is 645 g/mol. The van der Waals surface area contributed by atoms with E-state index in [0.717, 1.165) is 26.6 Å². The number of hydrogen-bond donors (Lipinski definition) is 1. The van der Waals surface area contributed by atoms with Crippen LogP contribution in [0, 0.1) is 2.44 Å². The molecule has 0 fully saturated rings. The van der Waals surface area contributed by atoms with E-state index in [-0.39, 0.29) is 20.3 Å². The molecule has 1 aliphatic heterocycles. The summed E-state index contributed by atoms with van der Waals surface area (Å²) in [6.45, 7) is 9.07. The van der Waals surface area contributed by atoms with Crippen LogP contribution in [0.4, 0.5) is 5.69 Å². The molecule has 0 spiro atoms. The van der Waals surface area contributed by atoms with Crippen LogP contribution in [0.25, 0.3) is 10.0 Å². The minimum absolute atomic E-state index is 0.0329. The molecule has 4 rings (SSSR count). The fraction of sp³-hybridized carbons (Fsp3) is 0.273. The van der Waals surface area contributed by atoms with Crippen molar-refractivity contribution in [1.29, 1.82) is 0 Å². The predicted octanol–water partition coefficient (Wildman–Crippen LogP) is 5.65. The Kier molecular flexibility index (Phi) is 5.75. The summed E-state index contributed by atoms with van der Waals surface area (Å²) in [5, 5.41) is 13.4. The molecule has 0 atom stereocenters. The van der Waals surface area contributed by atoms with Crippen molar-refractivity contribution in [3.8, 4) is 15.8 Å². The van der Waals surface area contributed by atoms with Crippen molar-refractivity contribution in [2.75, 3.05) is 0 Å². The minimum atomic E-state index is -2.42. The quantitative estimate of drug-likeness (QED) is 0.267. The fourth-order valence-corrected chi connectivity index (χ4v) is 15.4. The number of halogens is 2. The summed E-state index contributed by atoms with van der Waals surface area (Å²) in [5.74, 6) is 0.351. The second-order valence-electron chi connectivity index (χ2n) is 8.06. The summed E-state index contributed by atoms with van der Waals surface area (Å²) in [6.07, 6.45) is 5.30. The van der Waals surface area contributed by atoms with Crippen LogP contribution < -0.4 is 5.19 Å². The normalized spacial score (nSPS) is 17.3. The molecule has 3 nitrogen and oxygen atoms in total. The third-order valence-electron chi connectivity index (χ3n) is 5.94. The number of ketones is 1. The summed E-state index contributed by atoms with van der Waals surface area (Å²) >= 11 is 6.18. The molecule has 1 N–H and O–H groups in total. The third kappa shape index (κ3) is 3.24. The standard InChI is InChI=1S/C22H21BrINO2SeSi/c1-11(2)29(12(3)4)19-9-13(26)5-6-15(19)25-16-7-8-17(27)20(21(16)29)18-10-14(23)22(24)28-18/h5-12,27H,1-4H3. The summed E-state index contributed by atoms with van der Waals surface area (Å²) in [6, 6.07) is 5.88. The van der Waals surface area contributed by atoms with E-state index in [4.69, 9.17) is 4.99 Å². The molecular weight excluding hydrogens is 624 g/mol. The van der Waals surface area contributed by atoms with Crippen molar-refractivity contribution < 1.29 is 9.90 Å². The molecule has 2 aliphatic rings. The molecule has 29 heavy (non-hydrogen) atoms. The van der Waals surface area contributed by atoms with Gasteiger partial charge in [-0.05, 0) is 0 Å². The van der Waals surface area contributed by atoms with Crippen LogP contribution in [0.15, 0.2) is 51.1 Å². The van der Waals surface area contributed by atoms with Crippen LogP contribution in [0.1, 0.15) is 27.7 Å². The number of carbonyl (C=O) groups excluding carboxylic acids is 1. The number of phenolic OH excluding ortho intramolecular Hbond substituents is 1. The molecular formula is C22H21BrINO2SeSi. The van der Waals surface area contributed by atoms with Crippen LogP contribution in [0.2, 0.25) is 11.1 Å². The van der Waals surface area contributed by atoms with Gasteiger partial charge in [0.25, 0.3) is 0 Å². The van der Waals surface area contributed by atoms with Crippen molar-refractivity contribution in [2.45, 2.75) is 38.8 Å². The van der Waals surface area contributed by atoms with Crippen molar-refractivity contribution in [1.82, 2.24) is 0 Å². The van der Waals surface area contributed by atoms with Gasteiger partial charge in [0.1, 0.15) is 0 Å². The fourth-order valence-electron chi connectivity index (χ4n) is 4.89. The zero-order chi connectivity index (χ0) is 21.1. The Bertz CT molecular complexity index is 1100. The number of phenols is 1. The number of fused-ring (bicyclic) bond motifs is 2. The van der Waals surface area contributed by atoms with E-state index in [1.807, 2.05) is 18.2 Å². The Morgan fingerprint density at radius 1 is 1.17 bits per heavy atom. The molecule has 0 saturated carbocycles. The summed E-state index contributed by atoms with van der Waals surface area (Å²) in [7, 11) is -2.42. The number of nitrogens with zero attached hydrogens (tertiary/aromatic N) is 1. The molecule has 1 aliphatic carbocycles.